The number of nitrogens with zero attached hydrogens (tertiary/aromatic N) is 1. The summed E-state index contributed by atoms with van der Waals surface area (Å²) in [6.07, 6.45) is 0.0677. The number of carbonyl (C=O) groups excluding carboxylic acids is 1. The molecule has 3 aliphatic rings. The van der Waals surface area contributed by atoms with E-state index < -0.39 is 16.1 Å². The molecule has 0 unspecified atom stereocenters. The highest BCUT2D eigenvalue weighted by Gasteiger charge is 2.34. The van der Waals surface area contributed by atoms with Gasteiger partial charge in [-0.1, -0.05) is 0 Å². The van der Waals surface area contributed by atoms with Gasteiger partial charge in [-0.25, -0.2) is 13.1 Å². The second kappa shape index (κ2) is 7.37. The summed E-state index contributed by atoms with van der Waals surface area (Å²) >= 11 is 0. The number of anilines is 1. The van der Waals surface area contributed by atoms with Crippen molar-refractivity contribution in [3.63, 3.8) is 0 Å². The molecule has 0 radical (unpaired) electrons. The first-order chi connectivity index (χ1) is 14.5. The fraction of sp³-hybridized carbons (Fsp3) is 0.350. The van der Waals surface area contributed by atoms with Crippen LogP contribution in [0, 0.1) is 0 Å². The lowest BCUT2D eigenvalue weighted by atomic mass is 10.2. The first-order valence-corrected chi connectivity index (χ1v) is 11.1. The molecule has 3 aliphatic heterocycles. The maximum absolute atomic E-state index is 12.8. The number of hydrogen-bond acceptors (Lipinski definition) is 7. The Hall–Kier alpha value is -2.98. The minimum atomic E-state index is -3.83. The fourth-order valence-corrected chi connectivity index (χ4v) is 4.96. The zero-order valence-corrected chi connectivity index (χ0v) is 16.8. The van der Waals surface area contributed by atoms with Gasteiger partial charge in [0.1, 0.15) is 26.4 Å². The molecular formula is C20H20N2O7S. The van der Waals surface area contributed by atoms with Crippen LogP contribution in [0.25, 0.3) is 0 Å². The summed E-state index contributed by atoms with van der Waals surface area (Å²) < 4.78 is 50.3. The van der Waals surface area contributed by atoms with Crippen LogP contribution in [-0.4, -0.2) is 53.3 Å². The van der Waals surface area contributed by atoms with Crippen LogP contribution < -0.4 is 28.6 Å². The highest BCUT2D eigenvalue weighted by Crippen LogP contribution is 2.36. The number of sulfonamides is 1. The van der Waals surface area contributed by atoms with E-state index in [4.69, 9.17) is 18.9 Å². The second-order valence-corrected chi connectivity index (χ2v) is 8.87. The zero-order chi connectivity index (χ0) is 20.7. The van der Waals surface area contributed by atoms with Gasteiger partial charge in [0.25, 0.3) is 0 Å². The first-order valence-electron chi connectivity index (χ1n) is 9.62. The van der Waals surface area contributed by atoms with Gasteiger partial charge in [-0.15, -0.1) is 0 Å². The number of benzene rings is 2. The number of nitrogens with one attached hydrogen (secondary N) is 1. The molecule has 3 heterocycles. The number of hydrogen-bond donors (Lipinski definition) is 1. The zero-order valence-electron chi connectivity index (χ0n) is 16.0. The molecular weight excluding hydrogens is 412 g/mol. The molecule has 0 aliphatic carbocycles. The molecule has 1 saturated heterocycles. The molecule has 1 atom stereocenters. The van der Waals surface area contributed by atoms with E-state index >= 15 is 0 Å². The van der Waals surface area contributed by atoms with E-state index in [2.05, 4.69) is 4.72 Å². The van der Waals surface area contributed by atoms with Gasteiger partial charge in [0.05, 0.1) is 4.90 Å². The van der Waals surface area contributed by atoms with Crippen LogP contribution >= 0.6 is 0 Å². The normalized spacial score (nSPS) is 20.3. The molecule has 0 bridgehead atoms. The number of ether oxygens (including phenoxy) is 4. The summed E-state index contributed by atoms with van der Waals surface area (Å²) in [7, 11) is -3.83. The van der Waals surface area contributed by atoms with Gasteiger partial charge >= 0.3 is 0 Å². The second-order valence-electron chi connectivity index (χ2n) is 7.16. The SMILES string of the molecule is O=C1C[C@H](NS(=O)(=O)c2ccc3c(c2)OCCO3)CN1c1ccc2c(c1)OCCO2. The van der Waals surface area contributed by atoms with E-state index in [1.54, 1.807) is 29.2 Å². The van der Waals surface area contributed by atoms with Crippen LogP contribution in [-0.2, 0) is 14.8 Å². The lowest BCUT2D eigenvalue weighted by Crippen LogP contribution is -2.37. The van der Waals surface area contributed by atoms with Crippen molar-refractivity contribution in [2.75, 3.05) is 37.9 Å². The van der Waals surface area contributed by atoms with Crippen molar-refractivity contribution in [1.29, 1.82) is 0 Å². The Bertz CT molecular complexity index is 1100. The highest BCUT2D eigenvalue weighted by atomic mass is 32.2. The van der Waals surface area contributed by atoms with Crippen molar-refractivity contribution in [3.05, 3.63) is 36.4 Å². The highest BCUT2D eigenvalue weighted by molar-refractivity contribution is 7.89. The maximum atomic E-state index is 12.8. The average molecular weight is 432 g/mol. The van der Waals surface area contributed by atoms with Gasteiger partial charge in [-0.05, 0) is 24.3 Å². The van der Waals surface area contributed by atoms with Crippen molar-refractivity contribution in [2.45, 2.75) is 17.4 Å². The Balaban J connectivity index is 1.32. The van der Waals surface area contributed by atoms with E-state index in [0.29, 0.717) is 55.1 Å². The van der Waals surface area contributed by atoms with Crippen molar-refractivity contribution in [2.24, 2.45) is 0 Å². The van der Waals surface area contributed by atoms with E-state index in [0.717, 1.165) is 0 Å². The first kappa shape index (κ1) is 19.0. The molecule has 9 nitrogen and oxygen atoms in total. The van der Waals surface area contributed by atoms with Crippen molar-refractivity contribution in [3.8, 4) is 23.0 Å². The lowest BCUT2D eigenvalue weighted by molar-refractivity contribution is -0.117. The molecule has 1 N–H and O–H groups in total. The monoisotopic (exact) mass is 432 g/mol. The Kier molecular flexibility index (Phi) is 4.67. The number of fused-ring (bicyclic) bond motifs is 2. The molecule has 1 fully saturated rings. The Morgan fingerprint density at radius 2 is 1.43 bits per heavy atom. The third-order valence-corrected chi connectivity index (χ3v) is 6.63. The van der Waals surface area contributed by atoms with E-state index in [9.17, 15) is 13.2 Å². The standard InChI is InChI=1S/C20H20N2O7S/c23-20-9-13(12-22(20)14-1-3-16-18(10-14)28-7-5-26-16)21-30(24,25)15-2-4-17-19(11-15)29-8-6-27-17/h1-4,10-11,13,21H,5-9,12H2/t13-/m0/s1. The molecule has 10 heteroatoms. The topological polar surface area (TPSA) is 103 Å². The smallest absolute Gasteiger partial charge is 0.241 e. The number of amides is 1. The summed E-state index contributed by atoms with van der Waals surface area (Å²) in [4.78, 5) is 14.2. The van der Waals surface area contributed by atoms with Crippen molar-refractivity contribution >= 4 is 21.6 Å². The van der Waals surface area contributed by atoms with Crippen molar-refractivity contribution in [1.82, 2.24) is 4.72 Å². The quantitative estimate of drug-likeness (QED) is 0.777. The lowest BCUT2D eigenvalue weighted by Gasteiger charge is -2.22. The van der Waals surface area contributed by atoms with Gasteiger partial charge in [-0.3, -0.25) is 4.79 Å². The van der Waals surface area contributed by atoms with Crippen LogP contribution in [0.1, 0.15) is 6.42 Å². The molecule has 1 amide bonds. The molecule has 0 saturated carbocycles. The summed E-state index contributed by atoms with van der Waals surface area (Å²) in [5.41, 5.74) is 0.644. The summed E-state index contributed by atoms with van der Waals surface area (Å²) in [5.74, 6) is 1.95. The van der Waals surface area contributed by atoms with Gasteiger partial charge in [0.15, 0.2) is 23.0 Å². The minimum Gasteiger partial charge on any atom is -0.486 e. The fourth-order valence-electron chi connectivity index (χ4n) is 3.71. The van der Waals surface area contributed by atoms with Crippen LogP contribution in [0.2, 0.25) is 0 Å². The van der Waals surface area contributed by atoms with Crippen LogP contribution in [0.5, 0.6) is 23.0 Å². The Morgan fingerprint density at radius 3 is 2.13 bits per heavy atom. The van der Waals surface area contributed by atoms with Crippen LogP contribution in [0.4, 0.5) is 5.69 Å². The van der Waals surface area contributed by atoms with Crippen LogP contribution in [0.15, 0.2) is 41.3 Å². The van der Waals surface area contributed by atoms with Crippen molar-refractivity contribution < 1.29 is 32.2 Å². The number of carbonyl (C=O) groups is 1. The third-order valence-electron chi connectivity index (χ3n) is 5.11. The average Bonchev–Trinajstić information content (AvgIpc) is 3.12. The summed E-state index contributed by atoms with van der Waals surface area (Å²) in [5, 5.41) is 0. The predicted octanol–water partition coefficient (Wildman–Crippen LogP) is 1.31. The Morgan fingerprint density at radius 1 is 0.833 bits per heavy atom. The van der Waals surface area contributed by atoms with E-state index in [-0.39, 0.29) is 23.8 Å². The summed E-state index contributed by atoms with van der Waals surface area (Å²) in [6, 6.07) is 9.18. The third kappa shape index (κ3) is 3.52. The molecule has 0 spiro atoms. The molecule has 30 heavy (non-hydrogen) atoms. The van der Waals surface area contributed by atoms with Crippen LogP contribution in [0.3, 0.4) is 0 Å². The molecule has 2 aromatic rings. The van der Waals surface area contributed by atoms with E-state index in [1.807, 2.05) is 0 Å². The largest absolute Gasteiger partial charge is 0.486 e. The van der Waals surface area contributed by atoms with Gasteiger partial charge < -0.3 is 23.8 Å². The molecule has 5 rings (SSSR count). The summed E-state index contributed by atoms with van der Waals surface area (Å²) in [6.45, 7) is 1.95. The molecule has 0 aromatic heterocycles. The van der Waals surface area contributed by atoms with Gasteiger partial charge in [0, 0.05) is 36.8 Å². The molecule has 158 valence electrons. The minimum absolute atomic E-state index is 0.0666. The van der Waals surface area contributed by atoms with Gasteiger partial charge in [-0.2, -0.15) is 0 Å². The molecule has 2 aromatic carbocycles. The predicted molar refractivity (Wildman–Crippen MR) is 106 cm³/mol. The number of rotatable bonds is 4. The maximum Gasteiger partial charge on any atom is 0.241 e. The Labute approximate surface area is 173 Å². The van der Waals surface area contributed by atoms with Gasteiger partial charge in [0.2, 0.25) is 15.9 Å². The van der Waals surface area contributed by atoms with E-state index in [1.165, 1.54) is 12.1 Å².